The van der Waals surface area contributed by atoms with E-state index in [-0.39, 0.29) is 19.0 Å². The lowest BCUT2D eigenvalue weighted by atomic mass is 10.6. The Kier molecular flexibility index (Phi) is 5.39. The van der Waals surface area contributed by atoms with Crippen LogP contribution in [0.5, 0.6) is 0 Å². The van der Waals surface area contributed by atoms with E-state index in [4.69, 9.17) is 5.11 Å². The quantitative estimate of drug-likeness (QED) is 0.631. The molecule has 2 aromatic heterocycles. The van der Waals surface area contributed by atoms with Gasteiger partial charge in [-0.2, -0.15) is 10.2 Å². The molecule has 0 spiro atoms. The van der Waals surface area contributed by atoms with E-state index in [1.165, 1.54) is 10.8 Å². The van der Waals surface area contributed by atoms with Crippen molar-refractivity contribution in [2.24, 2.45) is 0 Å². The lowest BCUT2D eigenvalue weighted by molar-refractivity contribution is -0.392. The van der Waals surface area contributed by atoms with Gasteiger partial charge in [0.2, 0.25) is 0 Å². The molecule has 0 fully saturated rings. The van der Waals surface area contributed by atoms with Crippen molar-refractivity contribution >= 4 is 5.82 Å². The van der Waals surface area contributed by atoms with E-state index in [1.54, 1.807) is 19.3 Å². The lowest BCUT2D eigenvalue weighted by Crippen LogP contribution is -2.07. The van der Waals surface area contributed by atoms with Crippen LogP contribution in [-0.2, 0) is 6.54 Å². The zero-order valence-corrected chi connectivity index (χ0v) is 9.80. The summed E-state index contributed by atoms with van der Waals surface area (Å²) in [4.78, 5) is 13.6. The molecule has 1 N–H and O–H groups in total. The second-order valence-corrected chi connectivity index (χ2v) is 3.21. The Balaban J connectivity index is 0.000000225. The number of nitrogens with zero attached hydrogens (tertiary/aromatic N) is 5. The molecule has 18 heavy (non-hydrogen) atoms. The number of aryl methyl sites for hydroxylation is 1. The van der Waals surface area contributed by atoms with Crippen LogP contribution in [0.25, 0.3) is 0 Å². The molecule has 0 radical (unpaired) electrons. The van der Waals surface area contributed by atoms with Gasteiger partial charge in [0, 0.05) is 19.3 Å². The SMILES string of the molecule is Cc1ncc([N+](=O)[O-])n1CCO.c1ccnnc1. The molecule has 0 aliphatic rings. The number of nitro groups is 1. The highest BCUT2D eigenvalue weighted by molar-refractivity contribution is 5.18. The van der Waals surface area contributed by atoms with Crippen molar-refractivity contribution in [1.82, 2.24) is 19.7 Å². The predicted molar refractivity (Wildman–Crippen MR) is 62.7 cm³/mol. The van der Waals surface area contributed by atoms with Gasteiger partial charge < -0.3 is 15.2 Å². The van der Waals surface area contributed by atoms with Gasteiger partial charge in [0.15, 0.2) is 5.82 Å². The lowest BCUT2D eigenvalue weighted by Gasteiger charge is -1.98. The molecular formula is C10H13N5O3. The van der Waals surface area contributed by atoms with Crippen molar-refractivity contribution in [2.75, 3.05) is 6.61 Å². The first-order valence-corrected chi connectivity index (χ1v) is 5.16. The van der Waals surface area contributed by atoms with E-state index < -0.39 is 4.92 Å². The van der Waals surface area contributed by atoms with Crippen LogP contribution in [0.15, 0.2) is 30.7 Å². The topological polar surface area (TPSA) is 107 Å². The molecule has 0 aliphatic carbocycles. The maximum Gasteiger partial charge on any atom is 0.342 e. The van der Waals surface area contributed by atoms with Gasteiger partial charge in [-0.25, -0.2) is 9.55 Å². The molecule has 0 bridgehead atoms. The monoisotopic (exact) mass is 251 g/mol. The number of hydrogen-bond donors (Lipinski definition) is 1. The van der Waals surface area contributed by atoms with Gasteiger partial charge in [-0.1, -0.05) is 0 Å². The third-order valence-corrected chi connectivity index (χ3v) is 2.03. The highest BCUT2D eigenvalue weighted by atomic mass is 16.6. The summed E-state index contributed by atoms with van der Waals surface area (Å²) in [6.07, 6.45) is 4.46. The fourth-order valence-electron chi connectivity index (χ4n) is 1.23. The van der Waals surface area contributed by atoms with E-state index in [0.717, 1.165) is 0 Å². The second-order valence-electron chi connectivity index (χ2n) is 3.21. The molecule has 8 heteroatoms. The molecule has 0 saturated heterocycles. The van der Waals surface area contributed by atoms with E-state index in [1.807, 2.05) is 12.1 Å². The molecular weight excluding hydrogens is 238 g/mol. The summed E-state index contributed by atoms with van der Waals surface area (Å²) in [6, 6.07) is 3.65. The van der Waals surface area contributed by atoms with E-state index in [2.05, 4.69) is 15.2 Å². The molecule has 0 unspecified atom stereocenters. The van der Waals surface area contributed by atoms with Crippen LogP contribution in [0.4, 0.5) is 5.82 Å². The summed E-state index contributed by atoms with van der Waals surface area (Å²) in [5, 5.41) is 26.0. The normalized spacial score (nSPS) is 9.44. The summed E-state index contributed by atoms with van der Waals surface area (Å²) in [6.45, 7) is 1.74. The summed E-state index contributed by atoms with van der Waals surface area (Å²) in [5.41, 5.74) is 0. The van der Waals surface area contributed by atoms with E-state index in [9.17, 15) is 10.1 Å². The summed E-state index contributed by atoms with van der Waals surface area (Å²) in [5.74, 6) is 0.456. The number of aromatic nitrogens is 4. The Hall–Kier alpha value is -2.35. The van der Waals surface area contributed by atoms with Gasteiger partial charge in [-0.05, 0) is 17.1 Å². The van der Waals surface area contributed by atoms with Crippen molar-refractivity contribution in [1.29, 1.82) is 0 Å². The highest BCUT2D eigenvalue weighted by Crippen LogP contribution is 2.12. The fourth-order valence-corrected chi connectivity index (χ4v) is 1.23. The minimum absolute atomic E-state index is 0.0819. The summed E-state index contributed by atoms with van der Waals surface area (Å²) >= 11 is 0. The molecule has 8 nitrogen and oxygen atoms in total. The van der Waals surface area contributed by atoms with Crippen molar-refractivity contribution < 1.29 is 10.0 Å². The molecule has 0 atom stereocenters. The first kappa shape index (κ1) is 13.7. The van der Waals surface area contributed by atoms with Gasteiger partial charge in [-0.3, -0.25) is 0 Å². The van der Waals surface area contributed by atoms with Crippen LogP contribution in [0.3, 0.4) is 0 Å². The fraction of sp³-hybridized carbons (Fsp3) is 0.300. The highest BCUT2D eigenvalue weighted by Gasteiger charge is 2.15. The van der Waals surface area contributed by atoms with Crippen LogP contribution in [0.1, 0.15) is 5.82 Å². The van der Waals surface area contributed by atoms with Gasteiger partial charge in [0.25, 0.3) is 0 Å². The zero-order valence-electron chi connectivity index (χ0n) is 9.80. The van der Waals surface area contributed by atoms with Gasteiger partial charge >= 0.3 is 5.82 Å². The van der Waals surface area contributed by atoms with Crippen LogP contribution in [0, 0.1) is 17.0 Å². The maximum atomic E-state index is 10.4. The van der Waals surface area contributed by atoms with Gasteiger partial charge in [0.1, 0.15) is 12.7 Å². The Morgan fingerprint density at radius 2 is 2.00 bits per heavy atom. The first-order valence-electron chi connectivity index (χ1n) is 5.16. The van der Waals surface area contributed by atoms with Crippen molar-refractivity contribution in [3.05, 3.63) is 46.7 Å². The van der Waals surface area contributed by atoms with Crippen LogP contribution in [0.2, 0.25) is 0 Å². The predicted octanol–water partition coefficient (Wildman–Crippen LogP) is 0.569. The largest absolute Gasteiger partial charge is 0.392 e. The molecule has 0 saturated carbocycles. The Morgan fingerprint density at radius 3 is 2.39 bits per heavy atom. The van der Waals surface area contributed by atoms with E-state index >= 15 is 0 Å². The van der Waals surface area contributed by atoms with Gasteiger partial charge in [-0.15, -0.1) is 0 Å². The van der Waals surface area contributed by atoms with E-state index in [0.29, 0.717) is 5.82 Å². The van der Waals surface area contributed by atoms with Crippen molar-refractivity contribution in [3.8, 4) is 0 Å². The number of aliphatic hydroxyl groups is 1. The number of imidazole rings is 1. The molecule has 0 aromatic carbocycles. The van der Waals surface area contributed by atoms with Crippen molar-refractivity contribution in [2.45, 2.75) is 13.5 Å². The Morgan fingerprint density at radius 1 is 1.39 bits per heavy atom. The third kappa shape index (κ3) is 3.91. The Labute approximate surface area is 103 Å². The second kappa shape index (κ2) is 7.07. The molecule has 2 rings (SSSR count). The third-order valence-electron chi connectivity index (χ3n) is 2.03. The van der Waals surface area contributed by atoms with Crippen LogP contribution in [-0.4, -0.2) is 36.4 Å². The average Bonchev–Trinajstić information content (AvgIpc) is 2.75. The van der Waals surface area contributed by atoms with Gasteiger partial charge in [0.05, 0.1) is 6.61 Å². The Bertz CT molecular complexity index is 459. The molecule has 0 amide bonds. The molecule has 96 valence electrons. The first-order chi connectivity index (χ1) is 8.66. The molecule has 2 heterocycles. The van der Waals surface area contributed by atoms with Crippen LogP contribution >= 0.6 is 0 Å². The maximum absolute atomic E-state index is 10.4. The number of aliphatic hydroxyl groups excluding tert-OH is 1. The zero-order chi connectivity index (χ0) is 13.4. The summed E-state index contributed by atoms with van der Waals surface area (Å²) in [7, 11) is 0. The number of rotatable bonds is 3. The number of hydrogen-bond acceptors (Lipinski definition) is 6. The molecule has 0 aliphatic heterocycles. The van der Waals surface area contributed by atoms with Crippen molar-refractivity contribution in [3.63, 3.8) is 0 Å². The smallest absolute Gasteiger partial charge is 0.342 e. The minimum Gasteiger partial charge on any atom is -0.392 e. The standard InChI is InChI=1S/C6H9N3O3.C4H4N2/c1-5-7-4-6(9(11)12)8(5)2-3-10;1-2-4-6-5-3-1/h4,10H,2-3H2,1H3;1-4H. The van der Waals surface area contributed by atoms with Crippen LogP contribution < -0.4 is 0 Å². The summed E-state index contributed by atoms with van der Waals surface area (Å²) < 4.78 is 1.36. The minimum atomic E-state index is -0.518. The molecule has 2 aromatic rings. The average molecular weight is 251 g/mol.